The van der Waals surface area contributed by atoms with Crippen LogP contribution in [0.25, 0.3) is 0 Å². The molecular formula is C14H16O5. The number of carbonyl (C=O) groups is 1. The Labute approximate surface area is 111 Å². The minimum atomic E-state index is -0.853. The number of aliphatic carboxylic acids is 1. The summed E-state index contributed by atoms with van der Waals surface area (Å²) in [4.78, 5) is 11.0. The maximum Gasteiger partial charge on any atom is 0.306 e. The summed E-state index contributed by atoms with van der Waals surface area (Å²) in [6, 6.07) is 3.76. The largest absolute Gasteiger partial charge is 0.486 e. The average Bonchev–Trinajstić information content (AvgIpc) is 2.33. The van der Waals surface area contributed by atoms with E-state index in [1.165, 1.54) is 0 Å². The summed E-state index contributed by atoms with van der Waals surface area (Å²) >= 11 is 0. The number of carboxylic acid groups (broad SMARTS) is 1. The summed E-state index contributed by atoms with van der Waals surface area (Å²) in [5.41, 5.74) is 1.17. The van der Waals surface area contributed by atoms with Crippen LogP contribution in [0.4, 0.5) is 0 Å². The molecule has 102 valence electrons. The van der Waals surface area contributed by atoms with Crippen LogP contribution in [0.15, 0.2) is 12.1 Å². The molecule has 2 aliphatic rings. The second-order valence-electron chi connectivity index (χ2n) is 4.97. The molecule has 5 nitrogen and oxygen atoms in total. The van der Waals surface area contributed by atoms with Gasteiger partial charge in [0.25, 0.3) is 0 Å². The Hall–Kier alpha value is -1.75. The molecule has 2 aliphatic heterocycles. The van der Waals surface area contributed by atoms with E-state index in [4.69, 9.17) is 19.3 Å². The predicted molar refractivity (Wildman–Crippen MR) is 66.7 cm³/mol. The van der Waals surface area contributed by atoms with Crippen molar-refractivity contribution >= 4 is 5.97 Å². The number of hydrogen-bond donors (Lipinski definition) is 1. The number of rotatable bonds is 3. The van der Waals surface area contributed by atoms with E-state index < -0.39 is 11.6 Å². The molecule has 0 radical (unpaired) electrons. The molecule has 0 spiro atoms. The first-order chi connectivity index (χ1) is 9.11. The lowest BCUT2D eigenvalue weighted by atomic mass is 9.81. The van der Waals surface area contributed by atoms with Crippen molar-refractivity contribution in [3.8, 4) is 11.5 Å². The second-order valence-corrected chi connectivity index (χ2v) is 4.97. The van der Waals surface area contributed by atoms with E-state index in [1.54, 1.807) is 0 Å². The van der Waals surface area contributed by atoms with Gasteiger partial charge in [-0.15, -0.1) is 0 Å². The van der Waals surface area contributed by atoms with Gasteiger partial charge in [-0.1, -0.05) is 0 Å². The van der Waals surface area contributed by atoms with Crippen LogP contribution >= 0.6 is 0 Å². The van der Waals surface area contributed by atoms with Crippen molar-refractivity contribution in [2.45, 2.75) is 25.4 Å². The Balaban J connectivity index is 2.01. The lowest BCUT2D eigenvalue weighted by Crippen LogP contribution is -2.43. The first-order valence-corrected chi connectivity index (χ1v) is 6.37. The van der Waals surface area contributed by atoms with Gasteiger partial charge in [-0.25, -0.2) is 0 Å². The third kappa shape index (κ3) is 2.04. The van der Waals surface area contributed by atoms with E-state index >= 15 is 0 Å². The first kappa shape index (κ1) is 12.3. The third-order valence-electron chi connectivity index (χ3n) is 3.70. The molecule has 1 unspecified atom stereocenters. The molecule has 5 heteroatoms. The molecule has 3 rings (SSSR count). The highest BCUT2D eigenvalue weighted by Crippen LogP contribution is 2.45. The van der Waals surface area contributed by atoms with E-state index in [-0.39, 0.29) is 6.42 Å². The lowest BCUT2D eigenvalue weighted by molar-refractivity contribution is -0.176. The minimum absolute atomic E-state index is 0.0204. The van der Waals surface area contributed by atoms with Crippen LogP contribution in [0.5, 0.6) is 11.5 Å². The van der Waals surface area contributed by atoms with Gasteiger partial charge in [0.05, 0.1) is 13.0 Å². The van der Waals surface area contributed by atoms with Crippen molar-refractivity contribution in [2.75, 3.05) is 19.8 Å². The number of carboxylic acids is 1. The smallest absolute Gasteiger partial charge is 0.306 e. The van der Waals surface area contributed by atoms with Gasteiger partial charge in [-0.3, -0.25) is 4.79 Å². The maximum atomic E-state index is 11.0. The molecule has 0 aromatic heterocycles. The zero-order valence-electron chi connectivity index (χ0n) is 10.8. The van der Waals surface area contributed by atoms with Crippen molar-refractivity contribution in [1.29, 1.82) is 0 Å². The van der Waals surface area contributed by atoms with Gasteiger partial charge in [-0.2, -0.15) is 0 Å². The fourth-order valence-electron chi connectivity index (χ4n) is 2.72. The third-order valence-corrected chi connectivity index (χ3v) is 3.70. The molecule has 0 bridgehead atoms. The summed E-state index contributed by atoms with van der Waals surface area (Å²) in [6.45, 7) is 3.60. The quantitative estimate of drug-likeness (QED) is 0.902. The molecule has 1 saturated heterocycles. The normalized spacial score (nSPS) is 24.7. The van der Waals surface area contributed by atoms with Crippen molar-refractivity contribution in [2.24, 2.45) is 0 Å². The summed E-state index contributed by atoms with van der Waals surface area (Å²) in [5.74, 6) is 0.540. The van der Waals surface area contributed by atoms with Gasteiger partial charge in [0, 0.05) is 6.42 Å². The van der Waals surface area contributed by atoms with Crippen LogP contribution in [0.1, 0.15) is 24.0 Å². The van der Waals surface area contributed by atoms with E-state index in [0.29, 0.717) is 25.6 Å². The molecule has 2 heterocycles. The predicted octanol–water partition coefficient (Wildman–Crippen LogP) is 1.86. The van der Waals surface area contributed by atoms with Gasteiger partial charge in [0.1, 0.15) is 18.8 Å². The van der Waals surface area contributed by atoms with Crippen LogP contribution in [0, 0.1) is 6.92 Å². The van der Waals surface area contributed by atoms with Crippen LogP contribution in [-0.4, -0.2) is 30.9 Å². The summed E-state index contributed by atoms with van der Waals surface area (Å²) in [7, 11) is 0. The van der Waals surface area contributed by atoms with Crippen LogP contribution < -0.4 is 9.47 Å². The van der Waals surface area contributed by atoms with E-state index in [9.17, 15) is 4.79 Å². The Kier molecular flexibility index (Phi) is 2.86. The number of ether oxygens (including phenoxy) is 3. The Morgan fingerprint density at radius 3 is 2.42 bits per heavy atom. The number of benzene rings is 1. The lowest BCUT2D eigenvalue weighted by Gasteiger charge is -2.42. The monoisotopic (exact) mass is 264 g/mol. The molecule has 1 atom stereocenters. The standard InChI is InChI=1S/C14H16O5/c1-9-6-11-12(18-5-4-17-11)7-10(9)14(2-3-19-14)8-13(15)16/h6-7H,2-5,8H2,1H3,(H,15,16). The maximum absolute atomic E-state index is 11.0. The van der Waals surface area contributed by atoms with Crippen LogP contribution in [-0.2, 0) is 15.1 Å². The second kappa shape index (κ2) is 4.42. The summed E-state index contributed by atoms with van der Waals surface area (Å²) in [6.07, 6.45) is 0.702. The highest BCUT2D eigenvalue weighted by Gasteiger charge is 2.43. The van der Waals surface area contributed by atoms with Gasteiger partial charge < -0.3 is 19.3 Å². The fourth-order valence-corrected chi connectivity index (χ4v) is 2.72. The summed E-state index contributed by atoms with van der Waals surface area (Å²) in [5, 5.41) is 9.07. The van der Waals surface area contributed by atoms with Gasteiger partial charge in [0.15, 0.2) is 11.5 Å². The van der Waals surface area contributed by atoms with Crippen molar-refractivity contribution in [3.63, 3.8) is 0 Å². The molecule has 0 saturated carbocycles. The van der Waals surface area contributed by atoms with Crippen LogP contribution in [0.2, 0.25) is 0 Å². The van der Waals surface area contributed by atoms with Crippen molar-refractivity contribution < 1.29 is 24.1 Å². The molecule has 1 aromatic rings. The van der Waals surface area contributed by atoms with E-state index in [0.717, 1.165) is 23.3 Å². The highest BCUT2D eigenvalue weighted by molar-refractivity contribution is 5.69. The number of aryl methyl sites for hydroxylation is 1. The summed E-state index contributed by atoms with van der Waals surface area (Å²) < 4.78 is 16.7. The molecule has 0 aliphatic carbocycles. The molecular weight excluding hydrogens is 248 g/mol. The van der Waals surface area contributed by atoms with Crippen LogP contribution in [0.3, 0.4) is 0 Å². The molecule has 19 heavy (non-hydrogen) atoms. The fraction of sp³-hybridized carbons (Fsp3) is 0.500. The van der Waals surface area contributed by atoms with Crippen molar-refractivity contribution in [1.82, 2.24) is 0 Å². The van der Waals surface area contributed by atoms with E-state index in [2.05, 4.69) is 0 Å². The Morgan fingerprint density at radius 2 is 1.89 bits per heavy atom. The van der Waals surface area contributed by atoms with Crippen molar-refractivity contribution in [3.05, 3.63) is 23.3 Å². The van der Waals surface area contributed by atoms with Gasteiger partial charge in [-0.05, 0) is 30.2 Å². The van der Waals surface area contributed by atoms with E-state index in [1.807, 2.05) is 19.1 Å². The van der Waals surface area contributed by atoms with Gasteiger partial charge in [0.2, 0.25) is 0 Å². The molecule has 1 fully saturated rings. The molecule has 1 N–H and O–H groups in total. The molecule has 0 amide bonds. The van der Waals surface area contributed by atoms with Gasteiger partial charge >= 0.3 is 5.97 Å². The zero-order valence-corrected chi connectivity index (χ0v) is 10.8. The Morgan fingerprint density at radius 1 is 1.26 bits per heavy atom. The topological polar surface area (TPSA) is 65.0 Å². The average molecular weight is 264 g/mol. The molecule has 1 aromatic carbocycles. The first-order valence-electron chi connectivity index (χ1n) is 6.37. The number of fused-ring (bicyclic) bond motifs is 1. The SMILES string of the molecule is Cc1cc2c(cc1C1(CC(=O)O)CCO1)OCCO2. The highest BCUT2D eigenvalue weighted by atomic mass is 16.6. The minimum Gasteiger partial charge on any atom is -0.486 e. The Bertz CT molecular complexity index is 519. The number of hydrogen-bond acceptors (Lipinski definition) is 4. The zero-order chi connectivity index (χ0) is 13.5.